The molecule has 1 aromatic heterocycles. The molecule has 28 heavy (non-hydrogen) atoms. The van der Waals surface area contributed by atoms with Crippen LogP contribution in [0.5, 0.6) is 5.88 Å². The van der Waals surface area contributed by atoms with E-state index in [1.165, 1.54) is 20.3 Å². The number of nitrogens with zero attached hydrogens (tertiary/aromatic N) is 1. The van der Waals surface area contributed by atoms with Crippen molar-refractivity contribution >= 4 is 11.9 Å². The monoisotopic (exact) mass is 419 g/mol. The van der Waals surface area contributed by atoms with Crippen LogP contribution in [0.15, 0.2) is 42.5 Å². The first-order chi connectivity index (χ1) is 12.0. The van der Waals surface area contributed by atoms with E-state index in [0.29, 0.717) is 16.8 Å². The van der Waals surface area contributed by atoms with Gasteiger partial charge in [-0.15, -0.1) is 6.04 Å². The number of methoxy groups -OCH3 is 2. The molecule has 1 heterocycles. The molecule has 0 aliphatic heterocycles. The molecule has 149 valence electrons. The fourth-order valence-electron chi connectivity index (χ4n) is 2.21. The topological polar surface area (TPSA) is 141 Å². The fraction of sp³-hybridized carbons (Fsp3) is 0.158. The van der Waals surface area contributed by atoms with Crippen molar-refractivity contribution in [2.24, 2.45) is 0 Å². The number of hydrogen-bond donors (Lipinski definition) is 1. The molecule has 8 nitrogen and oxygen atoms in total. The number of nitrogens with one attached hydrogen (secondary N) is 1. The molecule has 2 rings (SSSR count). The van der Waals surface area contributed by atoms with E-state index >= 15 is 0 Å². The maximum absolute atomic E-state index is 12.2. The Hall–Kier alpha value is -2.36. The van der Waals surface area contributed by atoms with Gasteiger partial charge in [-0.25, -0.2) is 9.78 Å². The SMILES string of the molecule is O.O.[CH-]=C[C@H]([CH2-])NC(=O)c1ccc(-c2ccccc2C(=O)OC)nc1OC.[Sc]. The summed E-state index contributed by atoms with van der Waals surface area (Å²) in [4.78, 5) is 28.5. The Morgan fingerprint density at radius 1 is 1.14 bits per heavy atom. The molecule has 1 radical (unpaired) electrons. The van der Waals surface area contributed by atoms with Crippen molar-refractivity contribution in [3.05, 3.63) is 67.1 Å². The van der Waals surface area contributed by atoms with Crippen LogP contribution in [0.25, 0.3) is 11.3 Å². The van der Waals surface area contributed by atoms with Gasteiger partial charge in [-0.3, -0.25) is 10.9 Å². The molecule has 0 aliphatic carbocycles. The average Bonchev–Trinajstić information content (AvgIpc) is 2.66. The number of ether oxygens (including phenoxy) is 2. The molecule has 1 aromatic carbocycles. The van der Waals surface area contributed by atoms with Crippen LogP contribution >= 0.6 is 0 Å². The van der Waals surface area contributed by atoms with Gasteiger partial charge < -0.3 is 39.2 Å². The summed E-state index contributed by atoms with van der Waals surface area (Å²) in [6.45, 7) is 8.99. The van der Waals surface area contributed by atoms with Crippen molar-refractivity contribution in [2.45, 2.75) is 6.04 Å². The van der Waals surface area contributed by atoms with E-state index in [-0.39, 0.29) is 48.2 Å². The molecule has 9 heteroatoms. The summed E-state index contributed by atoms with van der Waals surface area (Å²) < 4.78 is 10.0. The minimum absolute atomic E-state index is 0. The number of hydrogen-bond acceptors (Lipinski definition) is 5. The maximum Gasteiger partial charge on any atom is 0.338 e. The third kappa shape index (κ3) is 6.36. The van der Waals surface area contributed by atoms with Gasteiger partial charge in [0.25, 0.3) is 5.91 Å². The zero-order chi connectivity index (χ0) is 18.4. The first-order valence-electron chi connectivity index (χ1n) is 7.43. The Labute approximate surface area is 182 Å². The summed E-state index contributed by atoms with van der Waals surface area (Å²) in [5.74, 6) is -0.769. The molecule has 0 bridgehead atoms. The standard InChI is InChI=1S/C19H18N2O4.2H2O.Sc/c1-5-12(2)20-17(22)15-10-11-16(21-18(15)24-3)13-8-6-7-9-14(13)19(23)25-4;;;/h1,5-12H,2H2,3-4H3,(H,20,22);2*1H2;/q-2;;;/t12-;;;/m0.../s1. The molecule has 1 atom stereocenters. The minimum Gasteiger partial charge on any atom is -0.519 e. The van der Waals surface area contributed by atoms with Gasteiger partial charge in [-0.2, -0.15) is 0 Å². The Morgan fingerprint density at radius 3 is 2.36 bits per heavy atom. The second kappa shape index (κ2) is 12.9. The molecule has 0 saturated heterocycles. The van der Waals surface area contributed by atoms with Gasteiger partial charge in [0.05, 0.1) is 25.5 Å². The number of amides is 1. The maximum atomic E-state index is 12.2. The van der Waals surface area contributed by atoms with Crippen LogP contribution in [-0.2, 0) is 30.6 Å². The molecule has 0 spiro atoms. The van der Waals surface area contributed by atoms with Crippen molar-refractivity contribution in [3.63, 3.8) is 0 Å². The Bertz CT molecular complexity index is 813. The van der Waals surface area contributed by atoms with E-state index in [9.17, 15) is 9.59 Å². The quantitative estimate of drug-likeness (QED) is 0.545. The Kier molecular flexibility index (Phi) is 12.9. The van der Waals surface area contributed by atoms with Gasteiger partial charge in [-0.05, 0) is 18.2 Å². The van der Waals surface area contributed by atoms with Crippen molar-refractivity contribution in [3.8, 4) is 17.1 Å². The van der Waals surface area contributed by atoms with Gasteiger partial charge in [0, 0.05) is 31.4 Å². The molecule has 0 unspecified atom stereocenters. The third-order valence-corrected chi connectivity index (χ3v) is 3.46. The Balaban J connectivity index is 0. The molecule has 0 fully saturated rings. The smallest absolute Gasteiger partial charge is 0.338 e. The van der Waals surface area contributed by atoms with E-state index in [1.54, 1.807) is 36.4 Å². The number of carbonyl (C=O) groups is 2. The van der Waals surface area contributed by atoms with Crippen molar-refractivity contribution < 1.29 is 55.9 Å². The summed E-state index contributed by atoms with van der Waals surface area (Å²) >= 11 is 0. The average molecular weight is 419 g/mol. The van der Waals surface area contributed by atoms with Crippen LogP contribution < -0.4 is 10.1 Å². The first-order valence-corrected chi connectivity index (χ1v) is 7.43. The van der Waals surface area contributed by atoms with Crippen LogP contribution in [0.4, 0.5) is 0 Å². The van der Waals surface area contributed by atoms with Crippen LogP contribution in [0.3, 0.4) is 0 Å². The molecule has 0 aliphatic rings. The van der Waals surface area contributed by atoms with Gasteiger partial charge in [0.15, 0.2) is 0 Å². The van der Waals surface area contributed by atoms with E-state index in [0.717, 1.165) is 0 Å². The predicted octanol–water partition coefficient (Wildman–Crippen LogP) is 0.814. The van der Waals surface area contributed by atoms with E-state index in [2.05, 4.69) is 17.2 Å². The largest absolute Gasteiger partial charge is 0.519 e. The summed E-state index contributed by atoms with van der Waals surface area (Å²) in [5.41, 5.74) is 1.65. The molecule has 5 N–H and O–H groups in total. The zero-order valence-corrected chi connectivity index (χ0v) is 17.4. The number of benzene rings is 1. The van der Waals surface area contributed by atoms with E-state index in [4.69, 9.17) is 16.1 Å². The molecule has 0 saturated carbocycles. The van der Waals surface area contributed by atoms with Gasteiger partial charge in [0.1, 0.15) is 5.56 Å². The Morgan fingerprint density at radius 2 is 1.79 bits per heavy atom. The van der Waals surface area contributed by atoms with Crippen LogP contribution in [-0.4, -0.2) is 48.1 Å². The second-order valence-corrected chi connectivity index (χ2v) is 5.06. The minimum atomic E-state index is -0.545. The van der Waals surface area contributed by atoms with Crippen molar-refractivity contribution in [1.29, 1.82) is 0 Å². The third-order valence-electron chi connectivity index (χ3n) is 3.46. The molecule has 1 amide bonds. The number of pyridine rings is 1. The van der Waals surface area contributed by atoms with Gasteiger partial charge >= 0.3 is 5.97 Å². The zero-order valence-electron chi connectivity index (χ0n) is 15.6. The predicted molar refractivity (Wildman–Crippen MR) is 100 cm³/mol. The molecular weight excluding hydrogens is 397 g/mol. The number of carbonyl (C=O) groups excluding carboxylic acids is 2. The molecular formula is C19H22N2O6Sc-2. The van der Waals surface area contributed by atoms with Gasteiger partial charge in [0.2, 0.25) is 5.88 Å². The van der Waals surface area contributed by atoms with Crippen LogP contribution in [0, 0.1) is 13.5 Å². The van der Waals surface area contributed by atoms with E-state index in [1.807, 2.05) is 0 Å². The van der Waals surface area contributed by atoms with E-state index < -0.39 is 17.9 Å². The summed E-state index contributed by atoms with van der Waals surface area (Å²) in [7, 11) is 2.72. The summed E-state index contributed by atoms with van der Waals surface area (Å²) in [6.07, 6.45) is 1.26. The summed E-state index contributed by atoms with van der Waals surface area (Å²) in [5, 5.41) is 2.59. The second-order valence-electron chi connectivity index (χ2n) is 5.06. The van der Waals surface area contributed by atoms with Crippen LogP contribution in [0.1, 0.15) is 20.7 Å². The van der Waals surface area contributed by atoms with Crippen LogP contribution in [0.2, 0.25) is 0 Å². The molecule has 2 aromatic rings. The normalized spacial score (nSPS) is 10.1. The fourth-order valence-corrected chi connectivity index (χ4v) is 2.21. The first kappa shape index (κ1) is 27.9. The van der Waals surface area contributed by atoms with Gasteiger partial charge in [-0.1, -0.05) is 18.2 Å². The summed E-state index contributed by atoms with van der Waals surface area (Å²) in [6, 6.07) is 9.53. The number of aromatic nitrogens is 1. The van der Waals surface area contributed by atoms with Crippen molar-refractivity contribution in [2.75, 3.05) is 14.2 Å². The van der Waals surface area contributed by atoms with Crippen molar-refractivity contribution in [1.82, 2.24) is 10.3 Å². The number of rotatable bonds is 6. The number of esters is 1.